The third-order valence-electron chi connectivity index (χ3n) is 7.40. The van der Waals surface area contributed by atoms with Gasteiger partial charge in [0.1, 0.15) is 0 Å². The van der Waals surface area contributed by atoms with Gasteiger partial charge in [-0.25, -0.2) is 0 Å². The molecule has 0 radical (unpaired) electrons. The third-order valence-corrected chi connectivity index (χ3v) is 7.40. The fraction of sp³-hybridized carbons (Fsp3) is 0.800. The molecule has 2 aliphatic carbocycles. The van der Waals surface area contributed by atoms with Crippen molar-refractivity contribution in [2.45, 2.75) is 76.6 Å². The first-order chi connectivity index (χ1) is 12.6. The molecular formula is C20H24N4O2. The molecule has 0 aromatic rings. The smallest absolute Gasteiger partial charge is 0.209 e. The lowest BCUT2D eigenvalue weighted by Gasteiger charge is -2.55. The number of ether oxygens (including phenoxy) is 2. The topological polar surface area (TPSA) is 114 Å². The molecule has 6 nitrogen and oxygen atoms in total. The van der Waals surface area contributed by atoms with Crippen LogP contribution in [0.3, 0.4) is 0 Å². The molecule has 3 atom stereocenters. The molecule has 26 heavy (non-hydrogen) atoms. The van der Waals surface area contributed by atoms with E-state index >= 15 is 0 Å². The summed E-state index contributed by atoms with van der Waals surface area (Å²) < 4.78 is 12.1. The lowest BCUT2D eigenvalue weighted by atomic mass is 9.45. The van der Waals surface area contributed by atoms with Crippen LogP contribution >= 0.6 is 0 Å². The van der Waals surface area contributed by atoms with Crippen LogP contribution in [0.2, 0.25) is 0 Å². The molecule has 2 saturated carbocycles. The molecule has 2 aliphatic heterocycles. The second-order valence-corrected chi connectivity index (χ2v) is 8.34. The lowest BCUT2D eigenvalue weighted by molar-refractivity contribution is -0.264. The van der Waals surface area contributed by atoms with Gasteiger partial charge in [0.05, 0.1) is 29.7 Å². The predicted octanol–water partition coefficient (Wildman–Crippen LogP) is 3.79. The van der Waals surface area contributed by atoms with Crippen molar-refractivity contribution in [3.63, 3.8) is 0 Å². The number of nitrogens with one attached hydrogen (secondary N) is 1. The number of nitriles is 3. The van der Waals surface area contributed by atoms with Gasteiger partial charge in [0.2, 0.25) is 12.2 Å². The van der Waals surface area contributed by atoms with E-state index in [1.165, 1.54) is 0 Å². The van der Waals surface area contributed by atoms with E-state index in [0.717, 1.165) is 51.4 Å². The van der Waals surface area contributed by atoms with Crippen molar-refractivity contribution >= 4 is 5.90 Å². The summed E-state index contributed by atoms with van der Waals surface area (Å²) in [7, 11) is 0. The summed E-state index contributed by atoms with van der Waals surface area (Å²) in [6, 6.07) is 6.72. The minimum atomic E-state index is -1.69. The molecule has 0 unspecified atom stereocenters. The number of hydrogen-bond acceptors (Lipinski definition) is 6. The Morgan fingerprint density at radius 1 is 0.885 bits per heavy atom. The summed E-state index contributed by atoms with van der Waals surface area (Å²) >= 11 is 0. The lowest BCUT2D eigenvalue weighted by Crippen LogP contribution is -2.66. The van der Waals surface area contributed by atoms with Gasteiger partial charge in [-0.05, 0) is 31.6 Å². The average molecular weight is 352 g/mol. The monoisotopic (exact) mass is 352 g/mol. The Balaban J connectivity index is 1.90. The maximum absolute atomic E-state index is 10.3. The second kappa shape index (κ2) is 5.97. The highest BCUT2D eigenvalue weighted by molar-refractivity contribution is 5.89. The molecule has 4 fully saturated rings. The van der Waals surface area contributed by atoms with Crippen LogP contribution < -0.4 is 0 Å². The molecule has 1 spiro atoms. The molecule has 6 heteroatoms. The van der Waals surface area contributed by atoms with E-state index in [-0.39, 0.29) is 11.8 Å². The second-order valence-electron chi connectivity index (χ2n) is 8.34. The van der Waals surface area contributed by atoms with E-state index in [2.05, 4.69) is 18.2 Å². The van der Waals surface area contributed by atoms with E-state index in [0.29, 0.717) is 12.8 Å². The normalized spacial score (nSPS) is 38.0. The number of rotatable bonds is 1. The molecule has 0 aromatic heterocycles. The van der Waals surface area contributed by atoms with Crippen molar-refractivity contribution < 1.29 is 9.47 Å². The molecule has 4 aliphatic rings. The Labute approximate surface area is 154 Å². The summed E-state index contributed by atoms with van der Waals surface area (Å²) in [5, 5.41) is 39.3. The fourth-order valence-electron chi connectivity index (χ4n) is 6.15. The minimum Gasteiger partial charge on any atom is -0.450 e. The van der Waals surface area contributed by atoms with E-state index in [4.69, 9.17) is 14.9 Å². The highest BCUT2D eigenvalue weighted by Crippen LogP contribution is 2.70. The highest BCUT2D eigenvalue weighted by Gasteiger charge is 2.82. The van der Waals surface area contributed by atoms with Crippen LogP contribution in [0.4, 0.5) is 0 Å². The summed E-state index contributed by atoms with van der Waals surface area (Å²) in [5.74, 6) is -0.165. The molecule has 2 bridgehead atoms. The molecule has 4 rings (SSSR count). The van der Waals surface area contributed by atoms with Crippen LogP contribution in [0.5, 0.6) is 0 Å². The molecule has 2 heterocycles. The Bertz CT molecular complexity index is 716. The van der Waals surface area contributed by atoms with Gasteiger partial charge in [0, 0.05) is 0 Å². The summed E-state index contributed by atoms with van der Waals surface area (Å²) in [6.07, 6.45) is 7.87. The third kappa shape index (κ3) is 1.80. The van der Waals surface area contributed by atoms with Crippen molar-refractivity contribution in [2.75, 3.05) is 0 Å². The Morgan fingerprint density at radius 2 is 1.50 bits per heavy atom. The van der Waals surface area contributed by atoms with Gasteiger partial charge < -0.3 is 9.47 Å². The van der Waals surface area contributed by atoms with Crippen molar-refractivity contribution in [2.24, 2.45) is 22.2 Å². The van der Waals surface area contributed by atoms with Gasteiger partial charge >= 0.3 is 0 Å². The van der Waals surface area contributed by atoms with Crippen LogP contribution in [0.15, 0.2) is 0 Å². The summed E-state index contributed by atoms with van der Waals surface area (Å²) in [6.45, 7) is 0. The standard InChI is InChI=1S/C20H24N4O2/c21-11-19(12-22)15(14-7-3-1-4-8-14)25-17-18(9-5-2-6-10-18)20(19,13-23)16(24)26-17/h14-15,17,24H,1-10H2/t15-,17+,20+/m1/s1. The van der Waals surface area contributed by atoms with Gasteiger partial charge in [-0.1, -0.05) is 38.5 Å². The molecule has 1 N–H and O–H groups in total. The van der Waals surface area contributed by atoms with E-state index in [9.17, 15) is 15.8 Å². The Hall–Kier alpha value is -2.10. The van der Waals surface area contributed by atoms with E-state index in [1.807, 2.05) is 0 Å². The van der Waals surface area contributed by atoms with Crippen molar-refractivity contribution in [3.05, 3.63) is 0 Å². The van der Waals surface area contributed by atoms with Gasteiger partial charge in [-0.3, -0.25) is 5.41 Å². The van der Waals surface area contributed by atoms with Gasteiger partial charge in [-0.2, -0.15) is 15.8 Å². The minimum absolute atomic E-state index is 0.0636. The SMILES string of the molecule is N#CC1(C#N)[C@@H](C2CCCCC2)O[C@H]2OC(=N)[C@@]1(C#N)C21CCCCC1. The maximum Gasteiger partial charge on any atom is 0.209 e. The van der Waals surface area contributed by atoms with Crippen molar-refractivity contribution in [1.82, 2.24) is 0 Å². The molecule has 2 saturated heterocycles. The van der Waals surface area contributed by atoms with Crippen molar-refractivity contribution in [3.8, 4) is 18.2 Å². The Kier molecular flexibility index (Phi) is 3.98. The quantitative estimate of drug-likeness (QED) is 0.771. The van der Waals surface area contributed by atoms with Crippen LogP contribution in [0.25, 0.3) is 0 Å². The van der Waals surface area contributed by atoms with E-state index in [1.54, 1.807) is 0 Å². The first-order valence-corrected chi connectivity index (χ1v) is 9.77. The molecular weight excluding hydrogens is 328 g/mol. The van der Waals surface area contributed by atoms with Crippen LogP contribution in [-0.2, 0) is 9.47 Å². The molecule has 0 amide bonds. The maximum atomic E-state index is 10.3. The molecule has 136 valence electrons. The summed E-state index contributed by atoms with van der Waals surface area (Å²) in [4.78, 5) is 0. The first-order valence-electron chi connectivity index (χ1n) is 9.77. The zero-order chi connectivity index (χ0) is 18.4. The number of hydrogen-bond donors (Lipinski definition) is 1. The van der Waals surface area contributed by atoms with E-state index < -0.39 is 28.6 Å². The average Bonchev–Trinajstić information content (AvgIpc) is 2.84. The fourth-order valence-corrected chi connectivity index (χ4v) is 6.15. The number of nitrogens with zero attached hydrogens (tertiary/aromatic N) is 3. The van der Waals surface area contributed by atoms with Crippen molar-refractivity contribution in [1.29, 1.82) is 21.2 Å². The van der Waals surface area contributed by atoms with Crippen LogP contribution in [-0.4, -0.2) is 18.3 Å². The largest absolute Gasteiger partial charge is 0.450 e. The predicted molar refractivity (Wildman–Crippen MR) is 91.3 cm³/mol. The zero-order valence-corrected chi connectivity index (χ0v) is 15.0. The van der Waals surface area contributed by atoms with Crippen LogP contribution in [0.1, 0.15) is 64.2 Å². The zero-order valence-electron chi connectivity index (χ0n) is 15.0. The van der Waals surface area contributed by atoms with Gasteiger partial charge in [-0.15, -0.1) is 0 Å². The van der Waals surface area contributed by atoms with Crippen LogP contribution in [0, 0.1) is 61.6 Å². The molecule has 0 aromatic carbocycles. The summed E-state index contributed by atoms with van der Waals surface area (Å²) in [5.41, 5.74) is -3.98. The van der Waals surface area contributed by atoms with Gasteiger partial charge in [0.15, 0.2) is 10.8 Å². The van der Waals surface area contributed by atoms with Gasteiger partial charge in [0.25, 0.3) is 0 Å². The first kappa shape index (κ1) is 17.3. The Morgan fingerprint density at radius 3 is 2.08 bits per heavy atom. The highest BCUT2D eigenvalue weighted by atomic mass is 16.7.